The predicted molar refractivity (Wildman–Crippen MR) is 96.2 cm³/mol. The number of nitrogens with zero attached hydrogens (tertiary/aromatic N) is 3. The summed E-state index contributed by atoms with van der Waals surface area (Å²) in [4.78, 5) is 21.6. The van der Waals surface area contributed by atoms with Crippen molar-refractivity contribution in [2.24, 2.45) is 5.92 Å². The van der Waals surface area contributed by atoms with Gasteiger partial charge in [-0.15, -0.1) is 11.3 Å². The summed E-state index contributed by atoms with van der Waals surface area (Å²) in [6, 6.07) is 4.02. The third-order valence-corrected chi connectivity index (χ3v) is 6.23. The van der Waals surface area contributed by atoms with Crippen LogP contribution in [-0.4, -0.2) is 21.6 Å². The van der Waals surface area contributed by atoms with Gasteiger partial charge < -0.3 is 5.32 Å². The first kappa shape index (κ1) is 16.9. The summed E-state index contributed by atoms with van der Waals surface area (Å²) in [6.07, 6.45) is 7.55. The van der Waals surface area contributed by atoms with Crippen LogP contribution >= 0.6 is 23.1 Å². The van der Waals surface area contributed by atoms with E-state index in [1.165, 1.54) is 16.6 Å². The largest absolute Gasteiger partial charge is 0.316 e. The van der Waals surface area contributed by atoms with Gasteiger partial charge in [0.2, 0.25) is 5.91 Å². The highest BCUT2D eigenvalue weighted by Gasteiger charge is 2.25. The predicted octanol–water partition coefficient (Wildman–Crippen LogP) is 3.66. The molecule has 0 radical (unpaired) electrons. The average molecular weight is 358 g/mol. The van der Waals surface area contributed by atoms with Gasteiger partial charge in [0.15, 0.2) is 5.16 Å². The second kappa shape index (κ2) is 7.77. The Bertz CT molecular complexity index is 767. The Morgan fingerprint density at radius 2 is 2.29 bits per heavy atom. The maximum absolute atomic E-state index is 12.2. The van der Waals surface area contributed by atoms with E-state index >= 15 is 0 Å². The Kier molecular flexibility index (Phi) is 5.48. The smallest absolute Gasteiger partial charge is 0.235 e. The van der Waals surface area contributed by atoms with Crippen molar-refractivity contribution >= 4 is 34.0 Å². The summed E-state index contributed by atoms with van der Waals surface area (Å²) >= 11 is 2.85. The number of nitriles is 1. The van der Waals surface area contributed by atoms with Gasteiger partial charge in [-0.05, 0) is 36.8 Å². The molecule has 1 aliphatic rings. The summed E-state index contributed by atoms with van der Waals surface area (Å²) < 4.78 is 0. The molecule has 0 fully saturated rings. The van der Waals surface area contributed by atoms with Crippen LogP contribution in [0.3, 0.4) is 0 Å². The molecule has 5 nitrogen and oxygen atoms in total. The molecule has 0 aromatic carbocycles. The van der Waals surface area contributed by atoms with E-state index in [4.69, 9.17) is 0 Å². The van der Waals surface area contributed by atoms with E-state index in [0.717, 1.165) is 31.2 Å². The van der Waals surface area contributed by atoms with E-state index in [1.807, 2.05) is 0 Å². The van der Waals surface area contributed by atoms with Crippen LogP contribution in [0.5, 0.6) is 0 Å². The zero-order chi connectivity index (χ0) is 16.9. The number of thioether (sulfide) groups is 1. The molecule has 1 atom stereocenters. The summed E-state index contributed by atoms with van der Waals surface area (Å²) in [6.45, 7) is 2.21. The fourth-order valence-corrected chi connectivity index (χ4v) is 4.79. The Morgan fingerprint density at radius 3 is 3.00 bits per heavy atom. The summed E-state index contributed by atoms with van der Waals surface area (Å²) in [5.74, 6) is 0.793. The van der Waals surface area contributed by atoms with Gasteiger partial charge in [-0.25, -0.2) is 9.97 Å². The summed E-state index contributed by atoms with van der Waals surface area (Å²) in [5.41, 5.74) is 1.79. The van der Waals surface area contributed by atoms with Crippen LogP contribution in [-0.2, 0) is 17.6 Å². The van der Waals surface area contributed by atoms with Crippen LogP contribution in [0, 0.1) is 17.2 Å². The zero-order valence-electron chi connectivity index (χ0n) is 13.4. The first-order valence-electron chi connectivity index (χ1n) is 7.95. The molecule has 1 aliphatic carbocycles. The van der Waals surface area contributed by atoms with Gasteiger partial charge in [0.05, 0.1) is 11.3 Å². The molecule has 0 unspecified atom stereocenters. The van der Waals surface area contributed by atoms with Crippen LogP contribution in [0.2, 0.25) is 0 Å². The first-order valence-corrected chi connectivity index (χ1v) is 9.75. The van der Waals surface area contributed by atoms with Crippen molar-refractivity contribution in [3.05, 3.63) is 34.5 Å². The number of amides is 1. The van der Waals surface area contributed by atoms with Crippen molar-refractivity contribution in [3.63, 3.8) is 0 Å². The third kappa shape index (κ3) is 3.77. The van der Waals surface area contributed by atoms with Crippen molar-refractivity contribution in [1.82, 2.24) is 9.97 Å². The molecule has 0 saturated heterocycles. The van der Waals surface area contributed by atoms with Crippen LogP contribution in [0.1, 0.15) is 35.8 Å². The van der Waals surface area contributed by atoms with Gasteiger partial charge in [0, 0.05) is 17.3 Å². The lowest BCUT2D eigenvalue weighted by atomic mass is 9.86. The fourth-order valence-electron chi connectivity index (χ4n) is 2.86. The Balaban J connectivity index is 1.68. The number of fused-ring (bicyclic) bond motifs is 1. The molecule has 1 N–H and O–H groups in total. The Morgan fingerprint density at radius 1 is 1.50 bits per heavy atom. The summed E-state index contributed by atoms with van der Waals surface area (Å²) in [5, 5.41) is 13.7. The number of carbonyl (C=O) groups excluding carboxylic acids is 1. The second-order valence-corrected chi connectivity index (χ2v) is 7.75. The molecule has 124 valence electrons. The SMILES string of the molecule is CC[C@@H]1CCc2c(sc(NC(=O)CSc3ncccn3)c2C#N)C1. The molecule has 2 heterocycles. The number of aromatic nitrogens is 2. The number of hydrogen-bond donors (Lipinski definition) is 1. The highest BCUT2D eigenvalue weighted by Crippen LogP contribution is 2.40. The molecule has 2 aromatic rings. The van der Waals surface area contributed by atoms with Crippen molar-refractivity contribution in [1.29, 1.82) is 5.26 Å². The van der Waals surface area contributed by atoms with Crippen LogP contribution in [0.4, 0.5) is 5.00 Å². The zero-order valence-corrected chi connectivity index (χ0v) is 15.0. The van der Waals surface area contributed by atoms with E-state index in [1.54, 1.807) is 29.8 Å². The Hall–Kier alpha value is -1.91. The number of carbonyl (C=O) groups is 1. The Labute approximate surface area is 149 Å². The van der Waals surface area contributed by atoms with Gasteiger partial charge in [0.1, 0.15) is 11.1 Å². The molecule has 3 rings (SSSR count). The monoisotopic (exact) mass is 358 g/mol. The molecule has 0 saturated carbocycles. The number of thiophene rings is 1. The van der Waals surface area contributed by atoms with Crippen molar-refractivity contribution in [3.8, 4) is 6.07 Å². The fraction of sp³-hybridized carbons (Fsp3) is 0.412. The van der Waals surface area contributed by atoms with Gasteiger partial charge in [0.25, 0.3) is 0 Å². The average Bonchev–Trinajstić information content (AvgIpc) is 2.96. The molecule has 2 aromatic heterocycles. The van der Waals surface area contributed by atoms with Gasteiger partial charge in [-0.3, -0.25) is 4.79 Å². The van der Waals surface area contributed by atoms with Crippen molar-refractivity contribution < 1.29 is 4.79 Å². The molecular weight excluding hydrogens is 340 g/mol. The van der Waals surface area contributed by atoms with Crippen molar-refractivity contribution in [2.75, 3.05) is 11.1 Å². The number of hydrogen-bond acceptors (Lipinski definition) is 6. The second-order valence-electron chi connectivity index (χ2n) is 5.71. The molecule has 0 aliphatic heterocycles. The van der Waals surface area contributed by atoms with Crippen molar-refractivity contribution in [2.45, 2.75) is 37.8 Å². The van der Waals surface area contributed by atoms with Crippen LogP contribution in [0.15, 0.2) is 23.6 Å². The quantitative estimate of drug-likeness (QED) is 0.652. The van der Waals surface area contributed by atoms with E-state index in [2.05, 4.69) is 28.3 Å². The molecule has 0 bridgehead atoms. The molecular formula is C17H18N4OS2. The number of anilines is 1. The first-order chi connectivity index (χ1) is 11.7. The van der Waals surface area contributed by atoms with E-state index in [9.17, 15) is 10.1 Å². The summed E-state index contributed by atoms with van der Waals surface area (Å²) in [7, 11) is 0. The molecule has 7 heteroatoms. The third-order valence-electron chi connectivity index (χ3n) is 4.18. The standard InChI is InChI=1S/C17H18N4OS2/c1-2-11-4-5-12-13(9-18)16(24-14(12)8-11)21-15(22)10-23-17-19-6-3-7-20-17/h3,6-7,11H,2,4-5,8,10H2,1H3,(H,21,22)/t11-/m1/s1. The number of rotatable bonds is 5. The lowest BCUT2D eigenvalue weighted by molar-refractivity contribution is -0.113. The minimum absolute atomic E-state index is 0.130. The molecule has 0 spiro atoms. The highest BCUT2D eigenvalue weighted by molar-refractivity contribution is 7.99. The van der Waals surface area contributed by atoms with Gasteiger partial charge in [-0.1, -0.05) is 25.1 Å². The topological polar surface area (TPSA) is 78.7 Å². The normalized spacial score (nSPS) is 16.2. The van der Waals surface area contributed by atoms with E-state index < -0.39 is 0 Å². The molecule has 1 amide bonds. The van der Waals surface area contributed by atoms with Gasteiger partial charge >= 0.3 is 0 Å². The molecule has 24 heavy (non-hydrogen) atoms. The maximum atomic E-state index is 12.2. The van der Waals surface area contributed by atoms with E-state index in [0.29, 0.717) is 21.6 Å². The maximum Gasteiger partial charge on any atom is 0.235 e. The minimum Gasteiger partial charge on any atom is -0.316 e. The lowest BCUT2D eigenvalue weighted by Crippen LogP contribution is -2.14. The minimum atomic E-state index is -0.130. The number of nitrogens with one attached hydrogen (secondary N) is 1. The van der Waals surface area contributed by atoms with E-state index in [-0.39, 0.29) is 11.7 Å². The van der Waals surface area contributed by atoms with Gasteiger partial charge in [-0.2, -0.15) is 5.26 Å². The van der Waals surface area contributed by atoms with Crippen LogP contribution in [0.25, 0.3) is 0 Å². The van der Waals surface area contributed by atoms with Crippen LogP contribution < -0.4 is 5.32 Å². The lowest BCUT2D eigenvalue weighted by Gasteiger charge is -2.20. The highest BCUT2D eigenvalue weighted by atomic mass is 32.2.